The van der Waals surface area contributed by atoms with Crippen molar-refractivity contribution in [2.75, 3.05) is 0 Å². The van der Waals surface area contributed by atoms with Crippen LogP contribution < -0.4 is 0 Å². The van der Waals surface area contributed by atoms with Crippen LogP contribution in [-0.2, 0) is 0 Å². The first-order valence-corrected chi connectivity index (χ1v) is 11.5. The van der Waals surface area contributed by atoms with Crippen LogP contribution in [0.15, 0.2) is 48.0 Å². The molecule has 1 atom stereocenters. The van der Waals surface area contributed by atoms with Crippen molar-refractivity contribution in [2.45, 2.75) is 32.5 Å². The summed E-state index contributed by atoms with van der Waals surface area (Å²) in [5.41, 5.74) is 8.53. The molecule has 0 N–H and O–H groups in total. The summed E-state index contributed by atoms with van der Waals surface area (Å²) in [6, 6.07) is 15.4. The Bertz CT molecular complexity index is 705. The predicted molar refractivity (Wildman–Crippen MR) is 96.3 cm³/mol. The maximum Gasteiger partial charge on any atom is 0.161 e. The first kappa shape index (κ1) is 14.6. The molecule has 3 rings (SSSR count). The molecule has 0 aromatic heterocycles. The van der Waals surface area contributed by atoms with Crippen LogP contribution in [0.5, 0.6) is 0 Å². The van der Waals surface area contributed by atoms with Gasteiger partial charge < -0.3 is 0 Å². The highest BCUT2D eigenvalue weighted by atomic mass is 35.6. The molecule has 0 heterocycles. The summed E-state index contributed by atoms with van der Waals surface area (Å²) in [6.45, 7) is 8.83. The van der Waals surface area contributed by atoms with E-state index in [1.54, 1.807) is 0 Å². The molecule has 0 amide bonds. The second-order valence-electron chi connectivity index (χ2n) is 6.56. The lowest BCUT2D eigenvalue weighted by Crippen LogP contribution is -2.28. The SMILES string of the molecule is CC1=Cc2c(-c3ccc(C)cc3)cccc2C1[Si](C)(C)Cl. The van der Waals surface area contributed by atoms with Gasteiger partial charge in [0.1, 0.15) is 0 Å². The Morgan fingerprint density at radius 3 is 2.24 bits per heavy atom. The molecule has 0 spiro atoms. The van der Waals surface area contributed by atoms with Gasteiger partial charge in [0.25, 0.3) is 0 Å². The summed E-state index contributed by atoms with van der Waals surface area (Å²) >= 11 is 6.78. The minimum absolute atomic E-state index is 0.430. The van der Waals surface area contributed by atoms with Crippen molar-refractivity contribution in [3.05, 3.63) is 64.7 Å². The number of hydrogen-bond donors (Lipinski definition) is 0. The molecule has 21 heavy (non-hydrogen) atoms. The van der Waals surface area contributed by atoms with Gasteiger partial charge in [0, 0.05) is 5.54 Å². The average molecular weight is 313 g/mol. The fourth-order valence-corrected chi connectivity index (χ4v) is 6.47. The van der Waals surface area contributed by atoms with Crippen molar-refractivity contribution < 1.29 is 0 Å². The summed E-state index contributed by atoms with van der Waals surface area (Å²) in [5, 5.41) is 0. The summed E-state index contributed by atoms with van der Waals surface area (Å²) in [6.07, 6.45) is 2.34. The van der Waals surface area contributed by atoms with E-state index in [9.17, 15) is 0 Å². The van der Waals surface area contributed by atoms with Crippen LogP contribution in [0, 0.1) is 6.92 Å². The van der Waals surface area contributed by atoms with Gasteiger partial charge in [-0.3, -0.25) is 0 Å². The fraction of sp³-hybridized carbons (Fsp3) is 0.263. The minimum atomic E-state index is -1.77. The molecule has 0 aliphatic heterocycles. The standard InChI is InChI=1S/C19H21ClSi/c1-13-8-10-15(11-9-13)16-6-5-7-17-18(16)12-14(2)19(17)21(3,4)20/h5-12,19H,1-4H3. The smallest absolute Gasteiger partial charge is 0.161 e. The Labute approximate surface area is 133 Å². The average Bonchev–Trinajstić information content (AvgIpc) is 2.75. The van der Waals surface area contributed by atoms with Gasteiger partial charge in [-0.15, -0.1) is 0 Å². The first-order valence-electron chi connectivity index (χ1n) is 7.45. The molecule has 0 radical (unpaired) electrons. The Hall–Kier alpha value is -1.31. The number of aryl methyl sites for hydroxylation is 1. The van der Waals surface area contributed by atoms with E-state index in [2.05, 4.69) is 75.5 Å². The van der Waals surface area contributed by atoms with Gasteiger partial charge in [-0.25, -0.2) is 0 Å². The Morgan fingerprint density at radius 2 is 1.62 bits per heavy atom. The van der Waals surface area contributed by atoms with Crippen molar-refractivity contribution in [1.29, 1.82) is 0 Å². The lowest BCUT2D eigenvalue weighted by molar-refractivity contribution is 1.09. The van der Waals surface area contributed by atoms with Gasteiger partial charge in [-0.2, -0.15) is 11.1 Å². The molecule has 2 heteroatoms. The maximum atomic E-state index is 6.78. The fourth-order valence-electron chi connectivity index (χ4n) is 3.45. The summed E-state index contributed by atoms with van der Waals surface area (Å²) in [4.78, 5) is 0. The molecule has 0 saturated heterocycles. The van der Waals surface area contributed by atoms with Crippen molar-refractivity contribution in [1.82, 2.24) is 0 Å². The van der Waals surface area contributed by atoms with E-state index in [0.29, 0.717) is 5.54 Å². The maximum absolute atomic E-state index is 6.78. The van der Waals surface area contributed by atoms with E-state index in [1.807, 2.05) is 0 Å². The highest BCUT2D eigenvalue weighted by Crippen LogP contribution is 2.46. The Kier molecular flexibility index (Phi) is 3.59. The number of rotatable bonds is 2. The minimum Gasteiger partial charge on any atom is -0.167 e. The van der Waals surface area contributed by atoms with Crippen LogP contribution in [0.4, 0.5) is 0 Å². The van der Waals surface area contributed by atoms with Crippen LogP contribution in [0.25, 0.3) is 17.2 Å². The number of allylic oxidation sites excluding steroid dienone is 1. The topological polar surface area (TPSA) is 0 Å². The summed E-state index contributed by atoms with van der Waals surface area (Å²) in [7, 11) is -1.77. The summed E-state index contributed by atoms with van der Waals surface area (Å²) < 4.78 is 0. The second-order valence-corrected chi connectivity index (χ2v) is 13.2. The van der Waals surface area contributed by atoms with Crippen LogP contribution >= 0.6 is 11.1 Å². The largest absolute Gasteiger partial charge is 0.167 e. The molecule has 1 unspecified atom stereocenters. The third kappa shape index (κ3) is 2.61. The molecule has 1 aliphatic rings. The van der Waals surface area contributed by atoms with Crippen LogP contribution in [0.3, 0.4) is 0 Å². The molecular weight excluding hydrogens is 292 g/mol. The lowest BCUT2D eigenvalue weighted by Gasteiger charge is -2.25. The quantitative estimate of drug-likeness (QED) is 0.461. The van der Waals surface area contributed by atoms with Crippen LogP contribution in [0.1, 0.15) is 29.2 Å². The van der Waals surface area contributed by atoms with Gasteiger partial charge in [0.15, 0.2) is 7.38 Å². The Morgan fingerprint density at radius 1 is 0.952 bits per heavy atom. The third-order valence-electron chi connectivity index (χ3n) is 4.33. The number of halogens is 1. The molecule has 0 nitrogen and oxygen atoms in total. The van der Waals surface area contributed by atoms with Crippen molar-refractivity contribution >= 4 is 24.5 Å². The van der Waals surface area contributed by atoms with Gasteiger partial charge in [0.2, 0.25) is 0 Å². The summed E-state index contributed by atoms with van der Waals surface area (Å²) in [5.74, 6) is 0. The Balaban J connectivity index is 2.16. The highest BCUT2D eigenvalue weighted by molar-refractivity contribution is 7.20. The number of hydrogen-bond acceptors (Lipinski definition) is 0. The van der Waals surface area contributed by atoms with Gasteiger partial charge in [-0.05, 0) is 36.1 Å². The van der Waals surface area contributed by atoms with Crippen LogP contribution in [-0.4, -0.2) is 7.38 Å². The molecule has 2 aromatic rings. The third-order valence-corrected chi connectivity index (χ3v) is 7.12. The van der Waals surface area contributed by atoms with Crippen molar-refractivity contribution in [3.63, 3.8) is 0 Å². The molecule has 2 aromatic carbocycles. The molecule has 0 saturated carbocycles. The normalized spacial score (nSPS) is 17.6. The molecule has 0 bridgehead atoms. The monoisotopic (exact) mass is 312 g/mol. The zero-order valence-corrected chi connectivity index (χ0v) is 14.8. The van der Waals surface area contributed by atoms with Gasteiger partial charge in [0.05, 0.1) is 0 Å². The predicted octanol–water partition coefficient (Wildman–Crippen LogP) is 6.15. The van der Waals surface area contributed by atoms with E-state index < -0.39 is 7.38 Å². The lowest BCUT2D eigenvalue weighted by atomic mass is 9.96. The van der Waals surface area contributed by atoms with E-state index in [1.165, 1.54) is 33.4 Å². The molecule has 0 fully saturated rings. The van der Waals surface area contributed by atoms with Gasteiger partial charge >= 0.3 is 0 Å². The zero-order chi connectivity index (χ0) is 15.2. The van der Waals surface area contributed by atoms with Crippen LogP contribution in [0.2, 0.25) is 13.1 Å². The number of fused-ring (bicyclic) bond motifs is 1. The zero-order valence-electron chi connectivity index (χ0n) is 13.1. The molecule has 108 valence electrons. The number of benzene rings is 2. The van der Waals surface area contributed by atoms with Crippen molar-refractivity contribution in [2.24, 2.45) is 0 Å². The van der Waals surface area contributed by atoms with E-state index >= 15 is 0 Å². The van der Waals surface area contributed by atoms with E-state index in [4.69, 9.17) is 11.1 Å². The van der Waals surface area contributed by atoms with E-state index in [0.717, 1.165) is 0 Å². The highest BCUT2D eigenvalue weighted by Gasteiger charge is 2.37. The molecule has 1 aliphatic carbocycles. The molecular formula is C19H21ClSi. The van der Waals surface area contributed by atoms with E-state index in [-0.39, 0.29) is 0 Å². The van der Waals surface area contributed by atoms with Gasteiger partial charge in [-0.1, -0.05) is 72.8 Å². The van der Waals surface area contributed by atoms with Crippen molar-refractivity contribution in [3.8, 4) is 11.1 Å². The first-order chi connectivity index (χ1) is 9.88. The second kappa shape index (κ2) is 5.15.